The second-order valence-corrected chi connectivity index (χ2v) is 5.28. The summed E-state index contributed by atoms with van der Waals surface area (Å²) in [5.41, 5.74) is 0.872. The highest BCUT2D eigenvalue weighted by Crippen LogP contribution is 2.29. The summed E-state index contributed by atoms with van der Waals surface area (Å²) in [4.78, 5) is 0. The Morgan fingerprint density at radius 2 is 2.35 bits per heavy atom. The van der Waals surface area contributed by atoms with Gasteiger partial charge in [-0.2, -0.15) is 0 Å². The number of benzene rings is 1. The van der Waals surface area contributed by atoms with E-state index in [2.05, 4.69) is 12.2 Å². The maximum atomic E-state index is 14.0. The van der Waals surface area contributed by atoms with Gasteiger partial charge in [-0.25, -0.2) is 4.39 Å². The fourth-order valence-corrected chi connectivity index (χ4v) is 2.44. The summed E-state index contributed by atoms with van der Waals surface area (Å²) in [7, 11) is 0. The lowest BCUT2D eigenvalue weighted by Gasteiger charge is -2.20. The van der Waals surface area contributed by atoms with Gasteiger partial charge in [0.25, 0.3) is 0 Å². The summed E-state index contributed by atoms with van der Waals surface area (Å²) < 4.78 is 25.2. The van der Waals surface area contributed by atoms with Gasteiger partial charge in [0.05, 0.1) is 6.10 Å². The lowest BCUT2D eigenvalue weighted by Crippen LogP contribution is -2.22. The van der Waals surface area contributed by atoms with E-state index >= 15 is 0 Å². The molecule has 20 heavy (non-hydrogen) atoms. The molecule has 0 bridgehead atoms. The Balaban J connectivity index is 2.04. The van der Waals surface area contributed by atoms with Crippen LogP contribution >= 0.6 is 0 Å². The number of rotatable bonds is 7. The van der Waals surface area contributed by atoms with E-state index in [1.54, 1.807) is 6.07 Å². The molecule has 1 saturated heterocycles. The van der Waals surface area contributed by atoms with Gasteiger partial charge in [-0.3, -0.25) is 0 Å². The minimum absolute atomic E-state index is 0.0742. The fourth-order valence-electron chi connectivity index (χ4n) is 2.44. The van der Waals surface area contributed by atoms with Gasteiger partial charge in [0.1, 0.15) is 6.61 Å². The van der Waals surface area contributed by atoms with E-state index in [9.17, 15) is 4.39 Å². The number of halogens is 1. The van der Waals surface area contributed by atoms with Crippen LogP contribution in [0.15, 0.2) is 18.2 Å². The minimum Gasteiger partial charge on any atom is -0.487 e. The van der Waals surface area contributed by atoms with E-state index in [1.165, 1.54) is 6.07 Å². The molecule has 1 aliphatic rings. The van der Waals surface area contributed by atoms with E-state index < -0.39 is 0 Å². The molecule has 0 aromatic heterocycles. The topological polar surface area (TPSA) is 30.5 Å². The largest absolute Gasteiger partial charge is 0.487 e. The Labute approximate surface area is 120 Å². The van der Waals surface area contributed by atoms with Gasteiger partial charge in [0, 0.05) is 18.2 Å². The van der Waals surface area contributed by atoms with Crippen molar-refractivity contribution in [1.29, 1.82) is 0 Å². The van der Waals surface area contributed by atoms with Gasteiger partial charge in [-0.05, 0) is 38.8 Å². The zero-order valence-electron chi connectivity index (χ0n) is 12.3. The van der Waals surface area contributed by atoms with Crippen molar-refractivity contribution in [3.05, 3.63) is 29.6 Å². The molecule has 0 radical (unpaired) electrons. The van der Waals surface area contributed by atoms with Crippen LogP contribution in [0.25, 0.3) is 0 Å². The lowest BCUT2D eigenvalue weighted by atomic mass is 10.1. The van der Waals surface area contributed by atoms with Crippen LogP contribution in [-0.2, 0) is 4.74 Å². The summed E-state index contributed by atoms with van der Waals surface area (Å²) in [6.45, 7) is 6.26. The normalized spacial score (nSPS) is 20.1. The van der Waals surface area contributed by atoms with Crippen LogP contribution in [0.2, 0.25) is 0 Å². The van der Waals surface area contributed by atoms with Gasteiger partial charge in [-0.1, -0.05) is 19.1 Å². The first-order valence-corrected chi connectivity index (χ1v) is 7.48. The highest BCUT2D eigenvalue weighted by molar-refractivity contribution is 5.37. The van der Waals surface area contributed by atoms with Crippen molar-refractivity contribution in [3.63, 3.8) is 0 Å². The number of para-hydroxylation sites is 1. The Morgan fingerprint density at radius 1 is 1.50 bits per heavy atom. The first kappa shape index (κ1) is 15.3. The zero-order valence-corrected chi connectivity index (χ0v) is 12.3. The Hall–Kier alpha value is -1.13. The second kappa shape index (κ2) is 7.60. The highest BCUT2D eigenvalue weighted by atomic mass is 19.1. The molecule has 0 saturated carbocycles. The van der Waals surface area contributed by atoms with Crippen molar-refractivity contribution in [3.8, 4) is 5.75 Å². The van der Waals surface area contributed by atoms with Crippen molar-refractivity contribution < 1.29 is 13.9 Å². The van der Waals surface area contributed by atoms with E-state index in [-0.39, 0.29) is 18.0 Å². The first-order valence-electron chi connectivity index (χ1n) is 7.48. The molecule has 0 amide bonds. The third kappa shape index (κ3) is 3.93. The number of hydrogen-bond donors (Lipinski definition) is 1. The summed E-state index contributed by atoms with van der Waals surface area (Å²) in [6, 6.07) is 5.17. The molecule has 3 nitrogen and oxygen atoms in total. The Bertz CT molecular complexity index is 419. The van der Waals surface area contributed by atoms with Crippen LogP contribution in [0.5, 0.6) is 5.75 Å². The van der Waals surface area contributed by atoms with Crippen LogP contribution in [0.1, 0.15) is 44.7 Å². The van der Waals surface area contributed by atoms with Gasteiger partial charge in [0.15, 0.2) is 11.6 Å². The maximum Gasteiger partial charge on any atom is 0.165 e. The quantitative estimate of drug-likeness (QED) is 0.830. The summed E-state index contributed by atoms with van der Waals surface area (Å²) >= 11 is 0. The van der Waals surface area contributed by atoms with Crippen molar-refractivity contribution in [2.75, 3.05) is 19.8 Å². The van der Waals surface area contributed by atoms with Crippen molar-refractivity contribution in [1.82, 2.24) is 5.32 Å². The Morgan fingerprint density at radius 3 is 3.05 bits per heavy atom. The molecule has 1 fully saturated rings. The molecule has 1 heterocycles. The molecular formula is C16H24FNO2. The van der Waals surface area contributed by atoms with Crippen molar-refractivity contribution in [2.45, 2.75) is 45.3 Å². The van der Waals surface area contributed by atoms with Gasteiger partial charge >= 0.3 is 0 Å². The molecule has 1 aromatic carbocycles. The molecular weight excluding hydrogens is 257 g/mol. The number of ether oxygens (including phenoxy) is 2. The predicted octanol–water partition coefficient (Wildman–Crippen LogP) is 3.44. The van der Waals surface area contributed by atoms with Gasteiger partial charge in [0.2, 0.25) is 0 Å². The summed E-state index contributed by atoms with van der Waals surface area (Å²) in [5, 5.41) is 3.37. The van der Waals surface area contributed by atoms with Crippen LogP contribution in [0.3, 0.4) is 0 Å². The third-order valence-electron chi connectivity index (χ3n) is 3.60. The second-order valence-electron chi connectivity index (χ2n) is 5.28. The van der Waals surface area contributed by atoms with E-state index in [4.69, 9.17) is 9.47 Å². The average Bonchev–Trinajstić information content (AvgIpc) is 2.96. The molecule has 2 rings (SSSR count). The standard InChI is InChI=1S/C16H24FNO2/c1-3-9-18-12(2)14-7-4-8-15(17)16(14)20-11-13-6-5-10-19-13/h4,7-8,12-13,18H,3,5-6,9-11H2,1-2H3. The van der Waals surface area contributed by atoms with E-state index in [0.29, 0.717) is 12.4 Å². The molecule has 4 heteroatoms. The average molecular weight is 281 g/mol. The monoisotopic (exact) mass is 281 g/mol. The highest BCUT2D eigenvalue weighted by Gasteiger charge is 2.20. The van der Waals surface area contributed by atoms with E-state index in [0.717, 1.165) is 38.0 Å². The number of hydrogen-bond acceptors (Lipinski definition) is 3. The van der Waals surface area contributed by atoms with Crippen molar-refractivity contribution in [2.24, 2.45) is 0 Å². The molecule has 0 aliphatic carbocycles. The first-order chi connectivity index (χ1) is 9.72. The van der Waals surface area contributed by atoms with Crippen LogP contribution in [-0.4, -0.2) is 25.9 Å². The van der Waals surface area contributed by atoms with Crippen LogP contribution in [0, 0.1) is 5.82 Å². The molecule has 2 unspecified atom stereocenters. The molecule has 2 atom stereocenters. The molecule has 0 spiro atoms. The summed E-state index contributed by atoms with van der Waals surface area (Å²) in [6.07, 6.45) is 3.20. The zero-order chi connectivity index (χ0) is 14.4. The van der Waals surface area contributed by atoms with Gasteiger partial charge in [-0.15, -0.1) is 0 Å². The minimum atomic E-state index is -0.300. The van der Waals surface area contributed by atoms with E-state index in [1.807, 2.05) is 13.0 Å². The molecule has 1 aromatic rings. The van der Waals surface area contributed by atoms with Crippen LogP contribution < -0.4 is 10.1 Å². The lowest BCUT2D eigenvalue weighted by molar-refractivity contribution is 0.0660. The summed E-state index contributed by atoms with van der Waals surface area (Å²) in [5.74, 6) is 0.0600. The fraction of sp³-hybridized carbons (Fsp3) is 0.625. The smallest absolute Gasteiger partial charge is 0.165 e. The Kier molecular flexibility index (Phi) is 5.80. The maximum absolute atomic E-state index is 14.0. The van der Waals surface area contributed by atoms with Gasteiger partial charge < -0.3 is 14.8 Å². The van der Waals surface area contributed by atoms with Crippen molar-refractivity contribution >= 4 is 0 Å². The molecule has 1 aliphatic heterocycles. The third-order valence-corrected chi connectivity index (χ3v) is 3.60. The number of nitrogens with one attached hydrogen (secondary N) is 1. The predicted molar refractivity (Wildman–Crippen MR) is 77.6 cm³/mol. The van der Waals surface area contributed by atoms with Crippen LogP contribution in [0.4, 0.5) is 4.39 Å². The SMILES string of the molecule is CCCNC(C)c1cccc(F)c1OCC1CCCO1. The molecule has 1 N–H and O–H groups in total. The molecule has 112 valence electrons.